The molecule has 1 saturated heterocycles. The molecule has 0 aliphatic carbocycles. The van der Waals surface area contributed by atoms with E-state index < -0.39 is 0 Å². The predicted octanol–water partition coefficient (Wildman–Crippen LogP) is 2.42. The highest BCUT2D eigenvalue weighted by atomic mass is 35.5. The summed E-state index contributed by atoms with van der Waals surface area (Å²) < 4.78 is 5.62. The molecule has 1 fully saturated rings. The Morgan fingerprint density at radius 2 is 2.00 bits per heavy atom. The Labute approximate surface area is 148 Å². The Hall–Kier alpha value is -1.75. The number of likely N-dealkylation sites (tertiary alicyclic amines) is 1. The van der Waals surface area contributed by atoms with E-state index in [1.54, 1.807) is 0 Å². The summed E-state index contributed by atoms with van der Waals surface area (Å²) in [6, 6.07) is 5.90. The molecule has 1 aliphatic rings. The first-order chi connectivity index (χ1) is 11.5. The van der Waals surface area contributed by atoms with Gasteiger partial charge in [-0.15, -0.1) is 11.6 Å². The maximum absolute atomic E-state index is 12.1. The maximum Gasteiger partial charge on any atom is 0.258 e. The molecule has 2 rings (SSSR count). The number of piperidine rings is 1. The van der Waals surface area contributed by atoms with E-state index in [0.717, 1.165) is 29.7 Å². The number of rotatable bonds is 6. The molecular weight excluding hydrogens is 328 g/mol. The molecular formula is C18H25ClN2O3. The summed E-state index contributed by atoms with van der Waals surface area (Å²) >= 11 is 5.60. The van der Waals surface area contributed by atoms with Gasteiger partial charge in [-0.1, -0.05) is 12.1 Å². The van der Waals surface area contributed by atoms with Gasteiger partial charge in [0.25, 0.3) is 5.91 Å². The monoisotopic (exact) mass is 352 g/mol. The van der Waals surface area contributed by atoms with E-state index in [0.29, 0.717) is 25.4 Å². The van der Waals surface area contributed by atoms with Gasteiger partial charge < -0.3 is 15.0 Å². The standard InChI is InChI=1S/C18H25ClN2O3/c1-13-4-3-5-16(14(13)2)24-12-17(22)20-15-7-10-21(11-8-15)18(23)6-9-19/h3-5,15H,6-12H2,1-2H3,(H,20,22). The van der Waals surface area contributed by atoms with E-state index in [1.807, 2.05) is 36.9 Å². The van der Waals surface area contributed by atoms with Crippen LogP contribution in [0.2, 0.25) is 0 Å². The van der Waals surface area contributed by atoms with Crippen LogP contribution in [0.25, 0.3) is 0 Å². The van der Waals surface area contributed by atoms with Crippen LogP contribution in [-0.2, 0) is 9.59 Å². The number of aryl methyl sites for hydroxylation is 1. The maximum atomic E-state index is 12.1. The molecule has 1 aromatic rings. The Morgan fingerprint density at radius 1 is 1.29 bits per heavy atom. The van der Waals surface area contributed by atoms with E-state index in [2.05, 4.69) is 5.32 Å². The van der Waals surface area contributed by atoms with Crippen molar-refractivity contribution in [3.63, 3.8) is 0 Å². The Morgan fingerprint density at radius 3 is 2.67 bits per heavy atom. The third-order valence-electron chi connectivity index (χ3n) is 4.43. The molecule has 1 aliphatic heterocycles. The second-order valence-electron chi connectivity index (χ2n) is 6.15. The van der Waals surface area contributed by atoms with Crippen LogP contribution in [0.15, 0.2) is 18.2 Å². The topological polar surface area (TPSA) is 58.6 Å². The zero-order chi connectivity index (χ0) is 17.5. The van der Waals surface area contributed by atoms with Crippen LogP contribution in [0.1, 0.15) is 30.4 Å². The summed E-state index contributed by atoms with van der Waals surface area (Å²) in [4.78, 5) is 25.7. The van der Waals surface area contributed by atoms with Crippen molar-refractivity contribution >= 4 is 23.4 Å². The molecule has 1 aromatic carbocycles. The summed E-state index contributed by atoms with van der Waals surface area (Å²) in [5.74, 6) is 1.06. The largest absolute Gasteiger partial charge is 0.483 e. The van der Waals surface area contributed by atoms with Gasteiger partial charge in [0.2, 0.25) is 5.91 Å². The number of ether oxygens (including phenoxy) is 1. The van der Waals surface area contributed by atoms with Crippen LogP contribution in [0, 0.1) is 13.8 Å². The number of carbonyl (C=O) groups is 2. The molecule has 0 unspecified atom stereocenters. The molecule has 132 valence electrons. The van der Waals surface area contributed by atoms with Crippen LogP contribution < -0.4 is 10.1 Å². The summed E-state index contributed by atoms with van der Waals surface area (Å²) in [7, 11) is 0. The molecule has 2 amide bonds. The van der Waals surface area contributed by atoms with Crippen LogP contribution in [0.3, 0.4) is 0 Å². The fourth-order valence-corrected chi connectivity index (χ4v) is 2.97. The summed E-state index contributed by atoms with van der Waals surface area (Å²) in [5, 5.41) is 2.99. The lowest BCUT2D eigenvalue weighted by Crippen LogP contribution is -2.47. The smallest absolute Gasteiger partial charge is 0.258 e. The van der Waals surface area contributed by atoms with Crippen molar-refractivity contribution in [2.45, 2.75) is 39.2 Å². The van der Waals surface area contributed by atoms with Crippen molar-refractivity contribution in [3.05, 3.63) is 29.3 Å². The van der Waals surface area contributed by atoms with Gasteiger partial charge >= 0.3 is 0 Å². The first-order valence-corrected chi connectivity index (χ1v) is 8.87. The van der Waals surface area contributed by atoms with Gasteiger partial charge in [0.15, 0.2) is 6.61 Å². The average Bonchev–Trinajstić information content (AvgIpc) is 2.57. The van der Waals surface area contributed by atoms with Crippen LogP contribution >= 0.6 is 11.6 Å². The highest BCUT2D eigenvalue weighted by molar-refractivity contribution is 6.18. The molecule has 0 saturated carbocycles. The first-order valence-electron chi connectivity index (χ1n) is 8.33. The Kier molecular flexibility index (Phi) is 6.91. The number of hydrogen-bond acceptors (Lipinski definition) is 3. The second-order valence-corrected chi connectivity index (χ2v) is 6.53. The number of alkyl halides is 1. The molecule has 0 aromatic heterocycles. The lowest BCUT2D eigenvalue weighted by Gasteiger charge is -2.32. The number of carbonyl (C=O) groups excluding carboxylic acids is 2. The van der Waals surface area contributed by atoms with Crippen molar-refractivity contribution < 1.29 is 14.3 Å². The second kappa shape index (κ2) is 8.92. The van der Waals surface area contributed by atoms with Crippen molar-refractivity contribution in [1.29, 1.82) is 0 Å². The highest BCUT2D eigenvalue weighted by Gasteiger charge is 2.23. The van der Waals surface area contributed by atoms with Crippen LogP contribution in [0.5, 0.6) is 5.75 Å². The number of hydrogen-bond donors (Lipinski definition) is 1. The number of benzene rings is 1. The highest BCUT2D eigenvalue weighted by Crippen LogP contribution is 2.20. The van der Waals surface area contributed by atoms with E-state index in [9.17, 15) is 9.59 Å². The molecule has 1 heterocycles. The molecule has 0 bridgehead atoms. The normalized spacial score (nSPS) is 15.2. The third-order valence-corrected chi connectivity index (χ3v) is 4.62. The SMILES string of the molecule is Cc1cccc(OCC(=O)NC2CCN(C(=O)CCCl)CC2)c1C. The summed E-state index contributed by atoms with van der Waals surface area (Å²) in [6.07, 6.45) is 1.91. The van der Waals surface area contributed by atoms with E-state index in [1.165, 1.54) is 0 Å². The molecule has 0 radical (unpaired) electrons. The van der Waals surface area contributed by atoms with E-state index in [4.69, 9.17) is 16.3 Å². The van der Waals surface area contributed by atoms with Gasteiger partial charge in [-0.3, -0.25) is 9.59 Å². The van der Waals surface area contributed by atoms with Gasteiger partial charge in [0, 0.05) is 31.4 Å². The Bertz CT molecular complexity index is 584. The number of halogens is 1. The Balaban J connectivity index is 1.74. The summed E-state index contributed by atoms with van der Waals surface area (Å²) in [6.45, 7) is 5.34. The van der Waals surface area contributed by atoms with Crippen LogP contribution in [-0.4, -0.2) is 48.3 Å². The van der Waals surface area contributed by atoms with Crippen molar-refractivity contribution in [1.82, 2.24) is 10.2 Å². The minimum Gasteiger partial charge on any atom is -0.483 e. The first kappa shape index (κ1) is 18.6. The van der Waals surface area contributed by atoms with Crippen molar-refractivity contribution in [2.75, 3.05) is 25.6 Å². The van der Waals surface area contributed by atoms with Gasteiger partial charge in [-0.05, 0) is 43.9 Å². The fourth-order valence-electron chi connectivity index (χ4n) is 2.81. The van der Waals surface area contributed by atoms with E-state index >= 15 is 0 Å². The molecule has 5 nitrogen and oxygen atoms in total. The number of nitrogens with one attached hydrogen (secondary N) is 1. The van der Waals surface area contributed by atoms with E-state index in [-0.39, 0.29) is 24.5 Å². The summed E-state index contributed by atoms with van der Waals surface area (Å²) in [5.41, 5.74) is 2.19. The molecule has 0 atom stereocenters. The average molecular weight is 353 g/mol. The van der Waals surface area contributed by atoms with Crippen molar-refractivity contribution in [3.8, 4) is 5.75 Å². The van der Waals surface area contributed by atoms with Crippen molar-refractivity contribution in [2.24, 2.45) is 0 Å². The van der Waals surface area contributed by atoms with Gasteiger partial charge in [0.05, 0.1) is 0 Å². The van der Waals surface area contributed by atoms with Gasteiger partial charge in [0.1, 0.15) is 5.75 Å². The quantitative estimate of drug-likeness (QED) is 0.800. The lowest BCUT2D eigenvalue weighted by atomic mass is 10.0. The zero-order valence-electron chi connectivity index (χ0n) is 14.3. The van der Waals surface area contributed by atoms with Gasteiger partial charge in [-0.2, -0.15) is 0 Å². The molecule has 0 spiro atoms. The van der Waals surface area contributed by atoms with Crippen LogP contribution in [0.4, 0.5) is 0 Å². The minimum atomic E-state index is -0.124. The van der Waals surface area contributed by atoms with Gasteiger partial charge in [-0.25, -0.2) is 0 Å². The predicted molar refractivity (Wildman–Crippen MR) is 94.5 cm³/mol. The molecule has 24 heavy (non-hydrogen) atoms. The lowest BCUT2D eigenvalue weighted by molar-refractivity contribution is -0.132. The fraction of sp³-hybridized carbons (Fsp3) is 0.556. The minimum absolute atomic E-state index is 0.00961. The third kappa shape index (κ3) is 5.13. The molecule has 1 N–H and O–H groups in total. The number of amides is 2. The molecule has 6 heteroatoms. The number of nitrogens with zero attached hydrogens (tertiary/aromatic N) is 1. The zero-order valence-corrected chi connectivity index (χ0v) is 15.1.